The average Bonchev–Trinajstić information content (AvgIpc) is 2.85. The highest BCUT2D eigenvalue weighted by atomic mass is 19.4. The minimum atomic E-state index is -4.80. The molecule has 0 saturated carbocycles. The van der Waals surface area contributed by atoms with Gasteiger partial charge >= 0.3 is 11.9 Å². The molecule has 0 unspecified atom stereocenters. The highest BCUT2D eigenvalue weighted by Crippen LogP contribution is 2.26. The Morgan fingerprint density at radius 3 is 2.57 bits per heavy atom. The van der Waals surface area contributed by atoms with Crippen molar-refractivity contribution in [2.45, 2.75) is 6.18 Å². The third-order valence-electron chi connectivity index (χ3n) is 2.94. The predicted octanol–water partition coefficient (Wildman–Crippen LogP) is 2.29. The first kappa shape index (κ1) is 13.2. The molecule has 0 saturated heterocycles. The summed E-state index contributed by atoms with van der Waals surface area (Å²) in [5.41, 5.74) is -3.34. The van der Waals surface area contributed by atoms with E-state index in [1.807, 2.05) is 0 Å². The van der Waals surface area contributed by atoms with Gasteiger partial charge in [-0.3, -0.25) is 4.79 Å². The fourth-order valence-electron chi connectivity index (χ4n) is 2.03. The second kappa shape index (κ2) is 4.37. The Labute approximate surface area is 114 Å². The van der Waals surface area contributed by atoms with E-state index in [0.717, 1.165) is 0 Å². The molecule has 0 atom stereocenters. The Bertz CT molecular complexity index is 903. The fourth-order valence-corrected chi connectivity index (χ4v) is 2.03. The number of furan rings is 1. The Hall–Kier alpha value is -2.77. The van der Waals surface area contributed by atoms with Gasteiger partial charge in [-0.2, -0.15) is 13.2 Å². The van der Waals surface area contributed by atoms with Gasteiger partial charge in [0, 0.05) is 11.5 Å². The van der Waals surface area contributed by atoms with Crippen LogP contribution in [-0.4, -0.2) is 9.55 Å². The molecule has 0 spiro atoms. The lowest BCUT2D eigenvalue weighted by Crippen LogP contribution is -2.35. The first-order chi connectivity index (χ1) is 9.88. The SMILES string of the molecule is O=c1cc(C(F)(F)F)[nH]c(=O)n1-c1cccc2ccoc12. The number of nitrogens with zero attached hydrogens (tertiary/aromatic N) is 1. The second-order valence-corrected chi connectivity index (χ2v) is 4.28. The molecule has 0 amide bonds. The number of halogens is 3. The minimum absolute atomic E-state index is 0.0810. The van der Waals surface area contributed by atoms with E-state index >= 15 is 0 Å². The summed E-state index contributed by atoms with van der Waals surface area (Å²) < 4.78 is 43.4. The fraction of sp³-hybridized carbons (Fsp3) is 0.0769. The lowest BCUT2D eigenvalue weighted by molar-refractivity contribution is -0.141. The van der Waals surface area contributed by atoms with Crippen LogP contribution in [0.1, 0.15) is 5.69 Å². The molecule has 1 N–H and O–H groups in total. The lowest BCUT2D eigenvalue weighted by Gasteiger charge is -2.09. The van der Waals surface area contributed by atoms with Crippen molar-refractivity contribution in [1.82, 2.24) is 9.55 Å². The van der Waals surface area contributed by atoms with Crippen LogP contribution < -0.4 is 11.2 Å². The quantitative estimate of drug-likeness (QED) is 0.749. The van der Waals surface area contributed by atoms with Crippen LogP contribution in [0.5, 0.6) is 0 Å². The summed E-state index contributed by atoms with van der Waals surface area (Å²) >= 11 is 0. The molecule has 0 aliphatic heterocycles. The monoisotopic (exact) mass is 296 g/mol. The first-order valence-electron chi connectivity index (χ1n) is 5.78. The molecule has 0 bridgehead atoms. The molecule has 0 radical (unpaired) electrons. The molecule has 5 nitrogen and oxygen atoms in total. The molecule has 2 heterocycles. The molecule has 3 rings (SSSR count). The first-order valence-corrected chi connectivity index (χ1v) is 5.78. The number of aromatic nitrogens is 2. The normalized spacial score (nSPS) is 12.0. The van der Waals surface area contributed by atoms with Gasteiger partial charge in [0.15, 0.2) is 5.58 Å². The van der Waals surface area contributed by atoms with E-state index in [1.54, 1.807) is 23.2 Å². The molecular formula is C13H7F3N2O3. The number of rotatable bonds is 1. The van der Waals surface area contributed by atoms with Gasteiger partial charge in [0.05, 0.1) is 12.0 Å². The molecule has 108 valence electrons. The Morgan fingerprint density at radius 1 is 1.14 bits per heavy atom. The van der Waals surface area contributed by atoms with E-state index in [9.17, 15) is 22.8 Å². The average molecular weight is 296 g/mol. The van der Waals surface area contributed by atoms with Crippen LogP contribution in [0.2, 0.25) is 0 Å². The van der Waals surface area contributed by atoms with Crippen molar-refractivity contribution >= 4 is 11.0 Å². The minimum Gasteiger partial charge on any atom is -0.462 e. The number of hydrogen-bond donors (Lipinski definition) is 1. The largest absolute Gasteiger partial charge is 0.462 e. The van der Waals surface area contributed by atoms with E-state index in [2.05, 4.69) is 0 Å². The zero-order valence-corrected chi connectivity index (χ0v) is 10.3. The lowest BCUT2D eigenvalue weighted by atomic mass is 10.2. The van der Waals surface area contributed by atoms with Crippen LogP contribution >= 0.6 is 0 Å². The Morgan fingerprint density at radius 2 is 1.90 bits per heavy atom. The predicted molar refractivity (Wildman–Crippen MR) is 67.4 cm³/mol. The maximum absolute atomic E-state index is 12.5. The topological polar surface area (TPSA) is 68.0 Å². The number of hydrogen-bond acceptors (Lipinski definition) is 3. The summed E-state index contributed by atoms with van der Waals surface area (Å²) in [4.78, 5) is 25.4. The molecule has 0 aliphatic carbocycles. The molecule has 21 heavy (non-hydrogen) atoms. The van der Waals surface area contributed by atoms with Crippen LogP contribution in [0.4, 0.5) is 13.2 Å². The van der Waals surface area contributed by atoms with Crippen LogP contribution in [0.3, 0.4) is 0 Å². The van der Waals surface area contributed by atoms with Crippen molar-refractivity contribution in [1.29, 1.82) is 0 Å². The van der Waals surface area contributed by atoms with Crippen molar-refractivity contribution in [2.24, 2.45) is 0 Å². The van der Waals surface area contributed by atoms with Crippen molar-refractivity contribution in [3.05, 3.63) is 63.1 Å². The maximum atomic E-state index is 12.5. The van der Waals surface area contributed by atoms with E-state index in [-0.39, 0.29) is 11.3 Å². The molecule has 8 heteroatoms. The van der Waals surface area contributed by atoms with Crippen molar-refractivity contribution in [3.8, 4) is 5.69 Å². The summed E-state index contributed by atoms with van der Waals surface area (Å²) in [6, 6.07) is 6.61. The zero-order valence-electron chi connectivity index (χ0n) is 10.3. The summed E-state index contributed by atoms with van der Waals surface area (Å²) in [7, 11) is 0. The summed E-state index contributed by atoms with van der Waals surface area (Å²) in [6.07, 6.45) is -3.44. The number of alkyl halides is 3. The number of benzene rings is 1. The number of aromatic amines is 1. The van der Waals surface area contributed by atoms with Crippen LogP contribution in [0.15, 0.2) is 50.6 Å². The van der Waals surface area contributed by atoms with Crippen LogP contribution in [0.25, 0.3) is 16.7 Å². The van der Waals surface area contributed by atoms with Gasteiger partial charge in [-0.15, -0.1) is 0 Å². The van der Waals surface area contributed by atoms with Crippen molar-refractivity contribution in [3.63, 3.8) is 0 Å². The molecule has 0 fully saturated rings. The van der Waals surface area contributed by atoms with Gasteiger partial charge < -0.3 is 9.40 Å². The summed E-state index contributed by atoms with van der Waals surface area (Å²) in [5.74, 6) is 0. The van der Waals surface area contributed by atoms with E-state index in [4.69, 9.17) is 4.42 Å². The number of nitrogens with one attached hydrogen (secondary N) is 1. The van der Waals surface area contributed by atoms with E-state index in [1.165, 1.54) is 12.3 Å². The highest BCUT2D eigenvalue weighted by molar-refractivity contribution is 5.84. The smallest absolute Gasteiger partial charge is 0.431 e. The molecule has 3 aromatic rings. The third kappa shape index (κ3) is 2.14. The highest BCUT2D eigenvalue weighted by Gasteiger charge is 2.33. The van der Waals surface area contributed by atoms with Gasteiger partial charge in [-0.05, 0) is 12.1 Å². The van der Waals surface area contributed by atoms with Crippen molar-refractivity contribution in [2.75, 3.05) is 0 Å². The molecule has 2 aromatic heterocycles. The molecule has 0 aliphatic rings. The number of fused-ring (bicyclic) bond motifs is 1. The Balaban J connectivity index is 2.32. The second-order valence-electron chi connectivity index (χ2n) is 4.28. The zero-order chi connectivity index (χ0) is 15.2. The third-order valence-corrected chi connectivity index (χ3v) is 2.94. The molecule has 1 aromatic carbocycles. The van der Waals surface area contributed by atoms with E-state index in [0.29, 0.717) is 16.0 Å². The summed E-state index contributed by atoms with van der Waals surface area (Å²) in [6.45, 7) is 0. The van der Waals surface area contributed by atoms with Gasteiger partial charge in [-0.1, -0.05) is 12.1 Å². The van der Waals surface area contributed by atoms with Crippen LogP contribution in [-0.2, 0) is 6.18 Å². The Kier molecular flexibility index (Phi) is 2.75. The standard InChI is InChI=1S/C13H7F3N2O3/c14-13(15,16)9-6-10(19)18(12(20)17-9)8-3-1-2-7-4-5-21-11(7)8/h1-6H,(H,17,20). The van der Waals surface area contributed by atoms with Crippen molar-refractivity contribution < 1.29 is 17.6 Å². The van der Waals surface area contributed by atoms with Crippen LogP contribution in [0, 0.1) is 0 Å². The van der Waals surface area contributed by atoms with E-state index < -0.39 is 23.1 Å². The van der Waals surface area contributed by atoms with Gasteiger partial charge in [0.25, 0.3) is 5.56 Å². The summed E-state index contributed by atoms with van der Waals surface area (Å²) in [5, 5.41) is 0.624. The number of para-hydroxylation sites is 1. The van der Waals surface area contributed by atoms with Gasteiger partial charge in [-0.25, -0.2) is 9.36 Å². The van der Waals surface area contributed by atoms with Gasteiger partial charge in [0.1, 0.15) is 5.69 Å². The molecular weight excluding hydrogens is 289 g/mol. The number of H-pyrrole nitrogens is 1. The van der Waals surface area contributed by atoms with Gasteiger partial charge in [0.2, 0.25) is 0 Å². The maximum Gasteiger partial charge on any atom is 0.431 e.